The number of ether oxygens (including phenoxy) is 2. The van der Waals surface area contributed by atoms with E-state index in [2.05, 4.69) is 9.55 Å². The van der Waals surface area contributed by atoms with Crippen LogP contribution in [0.15, 0.2) is 36.7 Å². The third kappa shape index (κ3) is 5.49. The standard InChI is InChI=1S/C21H29N3O3/c1-17-22-10-13-23(17)11-5-9-21(25)24-12-4-6-18(15-24)16-27-20-8-3-7-19(14-20)26-2/h3,7-8,10,13-14,18H,4-6,9,11-12,15-16H2,1-2H3/t18-/m1/s1. The summed E-state index contributed by atoms with van der Waals surface area (Å²) in [5.41, 5.74) is 0. The zero-order valence-electron chi connectivity index (χ0n) is 16.3. The molecule has 2 aromatic rings. The van der Waals surface area contributed by atoms with Crippen molar-refractivity contribution in [1.82, 2.24) is 14.5 Å². The van der Waals surface area contributed by atoms with Gasteiger partial charge in [0.1, 0.15) is 17.3 Å². The molecule has 6 heteroatoms. The quantitative estimate of drug-likeness (QED) is 0.714. The molecule has 27 heavy (non-hydrogen) atoms. The Morgan fingerprint density at radius 2 is 2.19 bits per heavy atom. The minimum absolute atomic E-state index is 0.249. The summed E-state index contributed by atoms with van der Waals surface area (Å²) in [4.78, 5) is 18.8. The fourth-order valence-corrected chi connectivity index (χ4v) is 3.53. The SMILES string of the molecule is COc1cccc(OC[C@@H]2CCCN(C(=O)CCCn3ccnc3C)C2)c1. The maximum absolute atomic E-state index is 12.6. The van der Waals surface area contributed by atoms with Gasteiger partial charge in [0.2, 0.25) is 5.91 Å². The van der Waals surface area contributed by atoms with Crippen LogP contribution in [0.5, 0.6) is 11.5 Å². The van der Waals surface area contributed by atoms with Crippen LogP contribution < -0.4 is 9.47 Å². The summed E-state index contributed by atoms with van der Waals surface area (Å²) in [5, 5.41) is 0. The molecule has 1 saturated heterocycles. The Balaban J connectivity index is 1.42. The zero-order chi connectivity index (χ0) is 19.1. The van der Waals surface area contributed by atoms with Crippen molar-refractivity contribution < 1.29 is 14.3 Å². The molecule has 146 valence electrons. The smallest absolute Gasteiger partial charge is 0.222 e. The Kier molecular flexibility index (Phi) is 6.74. The Bertz CT molecular complexity index is 744. The van der Waals surface area contributed by atoms with E-state index in [0.29, 0.717) is 18.9 Å². The van der Waals surface area contributed by atoms with Crippen molar-refractivity contribution in [3.05, 3.63) is 42.5 Å². The number of piperidine rings is 1. The molecule has 0 N–H and O–H groups in total. The van der Waals surface area contributed by atoms with Crippen molar-refractivity contribution in [3.63, 3.8) is 0 Å². The molecule has 1 atom stereocenters. The van der Waals surface area contributed by atoms with Crippen LogP contribution in [0, 0.1) is 12.8 Å². The highest BCUT2D eigenvalue weighted by Crippen LogP contribution is 2.22. The number of hydrogen-bond acceptors (Lipinski definition) is 4. The fraction of sp³-hybridized carbons (Fsp3) is 0.524. The van der Waals surface area contributed by atoms with Gasteiger partial charge in [-0.3, -0.25) is 4.79 Å². The van der Waals surface area contributed by atoms with E-state index < -0.39 is 0 Å². The van der Waals surface area contributed by atoms with E-state index in [1.54, 1.807) is 13.3 Å². The summed E-state index contributed by atoms with van der Waals surface area (Å²) in [6.07, 6.45) is 7.33. The van der Waals surface area contributed by atoms with Crippen molar-refractivity contribution in [2.75, 3.05) is 26.8 Å². The number of carbonyl (C=O) groups is 1. The van der Waals surface area contributed by atoms with E-state index in [9.17, 15) is 4.79 Å². The van der Waals surface area contributed by atoms with Crippen molar-refractivity contribution in [2.24, 2.45) is 5.92 Å². The Morgan fingerprint density at radius 1 is 1.33 bits per heavy atom. The molecule has 1 amide bonds. The lowest BCUT2D eigenvalue weighted by atomic mass is 9.98. The second-order valence-electron chi connectivity index (χ2n) is 7.11. The predicted molar refractivity (Wildman–Crippen MR) is 104 cm³/mol. The molecular weight excluding hydrogens is 342 g/mol. The molecular formula is C21H29N3O3. The van der Waals surface area contributed by atoms with Gasteiger partial charge in [-0.25, -0.2) is 4.98 Å². The maximum Gasteiger partial charge on any atom is 0.222 e. The monoisotopic (exact) mass is 371 g/mol. The Morgan fingerprint density at radius 3 is 2.96 bits per heavy atom. The normalized spacial score (nSPS) is 17.0. The van der Waals surface area contributed by atoms with Gasteiger partial charge >= 0.3 is 0 Å². The van der Waals surface area contributed by atoms with Gasteiger partial charge in [-0.15, -0.1) is 0 Å². The minimum Gasteiger partial charge on any atom is -0.497 e. The molecule has 1 aromatic heterocycles. The Hall–Kier alpha value is -2.50. The first kappa shape index (κ1) is 19.3. The summed E-state index contributed by atoms with van der Waals surface area (Å²) < 4.78 is 13.3. The van der Waals surface area contributed by atoms with Gasteiger partial charge in [0.15, 0.2) is 0 Å². The van der Waals surface area contributed by atoms with Crippen LogP contribution in [0.1, 0.15) is 31.5 Å². The number of likely N-dealkylation sites (tertiary alicyclic amines) is 1. The third-order valence-corrected chi connectivity index (χ3v) is 5.11. The van der Waals surface area contributed by atoms with Crippen LogP contribution >= 0.6 is 0 Å². The fourth-order valence-electron chi connectivity index (χ4n) is 3.53. The van der Waals surface area contributed by atoms with E-state index in [0.717, 1.165) is 56.2 Å². The van der Waals surface area contributed by atoms with Gasteiger partial charge in [0.25, 0.3) is 0 Å². The van der Waals surface area contributed by atoms with E-state index in [-0.39, 0.29) is 5.91 Å². The first-order chi connectivity index (χ1) is 13.2. The lowest BCUT2D eigenvalue weighted by molar-refractivity contribution is -0.133. The van der Waals surface area contributed by atoms with Gasteiger partial charge in [-0.1, -0.05) is 6.07 Å². The van der Waals surface area contributed by atoms with Crippen LogP contribution in [0.2, 0.25) is 0 Å². The van der Waals surface area contributed by atoms with Crippen LogP contribution in [-0.2, 0) is 11.3 Å². The number of carbonyl (C=O) groups excluding carboxylic acids is 1. The summed E-state index contributed by atoms with van der Waals surface area (Å²) in [6.45, 7) is 5.10. The second-order valence-corrected chi connectivity index (χ2v) is 7.11. The molecule has 1 aliphatic heterocycles. The lowest BCUT2D eigenvalue weighted by Gasteiger charge is -2.32. The second kappa shape index (κ2) is 9.44. The molecule has 0 saturated carbocycles. The number of hydrogen-bond donors (Lipinski definition) is 0. The highest BCUT2D eigenvalue weighted by molar-refractivity contribution is 5.76. The number of nitrogens with zero attached hydrogens (tertiary/aromatic N) is 3. The molecule has 0 bridgehead atoms. The number of benzene rings is 1. The number of aromatic nitrogens is 2. The van der Waals surface area contributed by atoms with Crippen molar-refractivity contribution in [2.45, 2.75) is 39.2 Å². The topological polar surface area (TPSA) is 56.6 Å². The molecule has 2 heterocycles. The predicted octanol–water partition coefficient (Wildman–Crippen LogP) is 3.30. The molecule has 0 spiro atoms. The van der Waals surface area contributed by atoms with Crippen molar-refractivity contribution in [3.8, 4) is 11.5 Å². The summed E-state index contributed by atoms with van der Waals surface area (Å²) >= 11 is 0. The largest absolute Gasteiger partial charge is 0.497 e. The number of methoxy groups -OCH3 is 1. The average molecular weight is 371 g/mol. The molecule has 0 radical (unpaired) electrons. The Labute approximate surface area is 161 Å². The molecule has 1 aliphatic rings. The molecule has 0 unspecified atom stereocenters. The van der Waals surface area contributed by atoms with Gasteiger partial charge in [0.05, 0.1) is 13.7 Å². The van der Waals surface area contributed by atoms with Gasteiger partial charge in [-0.05, 0) is 38.3 Å². The first-order valence-electron chi connectivity index (χ1n) is 9.68. The third-order valence-electron chi connectivity index (χ3n) is 5.11. The zero-order valence-corrected chi connectivity index (χ0v) is 16.3. The molecule has 1 aromatic carbocycles. The van der Waals surface area contributed by atoms with E-state index in [1.165, 1.54) is 0 Å². The van der Waals surface area contributed by atoms with Crippen LogP contribution in [0.4, 0.5) is 0 Å². The minimum atomic E-state index is 0.249. The van der Waals surface area contributed by atoms with Gasteiger partial charge in [0, 0.05) is 50.4 Å². The highest BCUT2D eigenvalue weighted by Gasteiger charge is 2.23. The van der Waals surface area contributed by atoms with Crippen LogP contribution in [-0.4, -0.2) is 47.2 Å². The number of amides is 1. The van der Waals surface area contributed by atoms with E-state index in [4.69, 9.17) is 9.47 Å². The van der Waals surface area contributed by atoms with Gasteiger partial charge in [-0.2, -0.15) is 0 Å². The summed E-state index contributed by atoms with van der Waals surface area (Å²) in [6, 6.07) is 7.65. The summed E-state index contributed by atoms with van der Waals surface area (Å²) in [5.74, 6) is 3.23. The average Bonchev–Trinajstić information content (AvgIpc) is 3.11. The maximum atomic E-state index is 12.6. The van der Waals surface area contributed by atoms with Crippen LogP contribution in [0.25, 0.3) is 0 Å². The number of imidazole rings is 1. The van der Waals surface area contributed by atoms with Crippen LogP contribution in [0.3, 0.4) is 0 Å². The summed E-state index contributed by atoms with van der Waals surface area (Å²) in [7, 11) is 1.65. The van der Waals surface area contributed by atoms with Crippen molar-refractivity contribution in [1.29, 1.82) is 0 Å². The van der Waals surface area contributed by atoms with E-state index >= 15 is 0 Å². The highest BCUT2D eigenvalue weighted by atomic mass is 16.5. The first-order valence-corrected chi connectivity index (χ1v) is 9.68. The van der Waals surface area contributed by atoms with E-state index in [1.807, 2.05) is 42.3 Å². The molecule has 6 nitrogen and oxygen atoms in total. The molecule has 1 fully saturated rings. The van der Waals surface area contributed by atoms with Crippen molar-refractivity contribution >= 4 is 5.91 Å². The number of rotatable bonds is 8. The lowest BCUT2D eigenvalue weighted by Crippen LogP contribution is -2.41. The number of aryl methyl sites for hydroxylation is 2. The molecule has 0 aliphatic carbocycles. The van der Waals surface area contributed by atoms with Gasteiger partial charge < -0.3 is 18.9 Å². The molecule has 3 rings (SSSR count).